The molecule has 0 saturated heterocycles. The number of hydrogen-bond acceptors (Lipinski definition) is 4. The number of fused-ring (bicyclic) bond motifs is 1. The van der Waals surface area contributed by atoms with Crippen molar-refractivity contribution in [1.29, 1.82) is 0 Å². The van der Waals surface area contributed by atoms with E-state index in [1.165, 1.54) is 12.1 Å². The van der Waals surface area contributed by atoms with Crippen LogP contribution in [0.3, 0.4) is 0 Å². The van der Waals surface area contributed by atoms with Gasteiger partial charge in [-0.1, -0.05) is 41.4 Å². The van der Waals surface area contributed by atoms with Gasteiger partial charge >= 0.3 is 5.97 Å². The van der Waals surface area contributed by atoms with Crippen molar-refractivity contribution < 1.29 is 14.3 Å². The van der Waals surface area contributed by atoms with Crippen LogP contribution in [0.15, 0.2) is 36.4 Å². The summed E-state index contributed by atoms with van der Waals surface area (Å²) in [6.45, 7) is 0.223. The maximum atomic E-state index is 12.4. The van der Waals surface area contributed by atoms with Crippen molar-refractivity contribution in [2.75, 3.05) is 18.1 Å². The molecule has 0 saturated carbocycles. The number of benzene rings is 1. The highest BCUT2D eigenvalue weighted by atomic mass is 35.5. The first-order valence-corrected chi connectivity index (χ1v) is 8.19. The second-order valence-corrected chi connectivity index (χ2v) is 6.11. The lowest BCUT2D eigenvalue weighted by Crippen LogP contribution is -2.38. The molecule has 0 aliphatic carbocycles. The van der Waals surface area contributed by atoms with Crippen LogP contribution in [-0.4, -0.2) is 30.0 Å². The smallest absolute Gasteiger partial charge is 0.359 e. The first-order chi connectivity index (χ1) is 11.6. The Hall–Kier alpha value is -2.11. The lowest BCUT2D eigenvalue weighted by atomic mass is 10.0. The van der Waals surface area contributed by atoms with Crippen LogP contribution in [0.4, 0.5) is 5.69 Å². The summed E-state index contributed by atoms with van der Waals surface area (Å²) >= 11 is 11.7. The number of esters is 1. The van der Waals surface area contributed by atoms with Gasteiger partial charge in [0.05, 0.1) is 5.02 Å². The Kier molecular flexibility index (Phi) is 5.02. The first kappa shape index (κ1) is 16.7. The average molecular weight is 365 g/mol. The van der Waals surface area contributed by atoms with Gasteiger partial charge in [0, 0.05) is 12.2 Å². The summed E-state index contributed by atoms with van der Waals surface area (Å²) < 4.78 is 5.06. The van der Waals surface area contributed by atoms with Crippen LogP contribution in [0, 0.1) is 0 Å². The second-order valence-electron chi connectivity index (χ2n) is 5.32. The zero-order valence-corrected chi connectivity index (χ0v) is 14.2. The Bertz CT molecular complexity index is 795. The van der Waals surface area contributed by atoms with Crippen molar-refractivity contribution in [2.24, 2.45) is 0 Å². The van der Waals surface area contributed by atoms with Gasteiger partial charge < -0.3 is 9.64 Å². The number of anilines is 1. The van der Waals surface area contributed by atoms with Crippen LogP contribution in [-0.2, 0) is 16.0 Å². The van der Waals surface area contributed by atoms with Gasteiger partial charge in [-0.25, -0.2) is 9.78 Å². The lowest BCUT2D eigenvalue weighted by Gasteiger charge is -2.29. The van der Waals surface area contributed by atoms with Gasteiger partial charge in [0.15, 0.2) is 12.3 Å². The molecule has 0 spiro atoms. The molecule has 1 aromatic heterocycles. The van der Waals surface area contributed by atoms with Crippen LogP contribution in [0.25, 0.3) is 0 Å². The summed E-state index contributed by atoms with van der Waals surface area (Å²) in [6, 6.07) is 10.6. The Labute approximate surface area is 149 Å². The summed E-state index contributed by atoms with van der Waals surface area (Å²) in [5, 5.41) is 0.253. The van der Waals surface area contributed by atoms with Crippen molar-refractivity contribution in [3.05, 3.63) is 57.8 Å². The van der Waals surface area contributed by atoms with Crippen LogP contribution >= 0.6 is 23.2 Å². The number of pyridine rings is 1. The van der Waals surface area contributed by atoms with Crippen LogP contribution in [0.2, 0.25) is 10.2 Å². The molecule has 1 aliphatic heterocycles. The zero-order chi connectivity index (χ0) is 17.1. The fourth-order valence-electron chi connectivity index (χ4n) is 2.63. The summed E-state index contributed by atoms with van der Waals surface area (Å²) in [5.74, 6) is -1.06. The van der Waals surface area contributed by atoms with E-state index in [2.05, 4.69) is 4.98 Å². The molecule has 1 amide bonds. The van der Waals surface area contributed by atoms with Gasteiger partial charge in [-0.3, -0.25) is 4.79 Å². The Morgan fingerprint density at radius 1 is 1.17 bits per heavy atom. The quantitative estimate of drug-likeness (QED) is 0.617. The second kappa shape index (κ2) is 7.20. The third-order valence-corrected chi connectivity index (χ3v) is 4.26. The summed E-state index contributed by atoms with van der Waals surface area (Å²) in [5.41, 5.74) is 1.88. The molecule has 5 nitrogen and oxygen atoms in total. The number of rotatable bonds is 3. The number of carbonyl (C=O) groups excluding carboxylic acids is 2. The van der Waals surface area contributed by atoms with E-state index in [-0.39, 0.29) is 28.4 Å². The number of ether oxygens (including phenoxy) is 1. The van der Waals surface area contributed by atoms with E-state index < -0.39 is 5.97 Å². The number of nitrogens with zero attached hydrogens (tertiary/aromatic N) is 2. The van der Waals surface area contributed by atoms with Crippen LogP contribution < -0.4 is 4.90 Å². The van der Waals surface area contributed by atoms with Gasteiger partial charge in [-0.05, 0) is 36.6 Å². The Balaban J connectivity index is 1.68. The van der Waals surface area contributed by atoms with Crippen LogP contribution in [0.5, 0.6) is 0 Å². The normalized spacial score (nSPS) is 13.3. The van der Waals surface area contributed by atoms with Crippen molar-refractivity contribution in [3.63, 3.8) is 0 Å². The van der Waals surface area contributed by atoms with Crippen molar-refractivity contribution in [3.8, 4) is 0 Å². The highest BCUT2D eigenvalue weighted by Gasteiger charge is 2.24. The number of amides is 1. The Morgan fingerprint density at radius 3 is 2.79 bits per heavy atom. The van der Waals surface area contributed by atoms with Crippen molar-refractivity contribution in [1.82, 2.24) is 4.98 Å². The monoisotopic (exact) mass is 364 g/mol. The third-order valence-electron chi connectivity index (χ3n) is 3.74. The molecule has 24 heavy (non-hydrogen) atoms. The maximum Gasteiger partial charge on any atom is 0.359 e. The molecule has 0 bridgehead atoms. The molecule has 124 valence electrons. The van der Waals surface area contributed by atoms with Gasteiger partial charge in [-0.2, -0.15) is 0 Å². The fraction of sp³-hybridized carbons (Fsp3) is 0.235. The van der Waals surface area contributed by atoms with Crippen LogP contribution in [0.1, 0.15) is 22.5 Å². The maximum absolute atomic E-state index is 12.4. The van der Waals surface area contributed by atoms with E-state index in [1.54, 1.807) is 4.90 Å². The Morgan fingerprint density at radius 2 is 1.96 bits per heavy atom. The molecule has 3 rings (SSSR count). The predicted molar refractivity (Wildman–Crippen MR) is 91.7 cm³/mol. The number of carbonyl (C=O) groups is 2. The van der Waals surface area contributed by atoms with E-state index >= 15 is 0 Å². The highest BCUT2D eigenvalue weighted by Crippen LogP contribution is 2.26. The van der Waals surface area contributed by atoms with Crippen molar-refractivity contribution in [2.45, 2.75) is 12.8 Å². The minimum absolute atomic E-state index is 0.101. The molecule has 2 heterocycles. The predicted octanol–water partition coefficient (Wildman–Crippen LogP) is 3.52. The lowest BCUT2D eigenvalue weighted by molar-refractivity contribution is -0.121. The molecule has 1 aliphatic rings. The van der Waals surface area contributed by atoms with Gasteiger partial charge in [0.2, 0.25) is 0 Å². The molecule has 0 fully saturated rings. The largest absolute Gasteiger partial charge is 0.451 e. The van der Waals surface area contributed by atoms with Gasteiger partial charge in [-0.15, -0.1) is 0 Å². The minimum atomic E-state index is -0.777. The van der Waals surface area contributed by atoms with E-state index in [4.69, 9.17) is 27.9 Å². The minimum Gasteiger partial charge on any atom is -0.451 e. The topological polar surface area (TPSA) is 59.5 Å². The zero-order valence-electron chi connectivity index (χ0n) is 12.7. The number of aromatic nitrogens is 1. The summed E-state index contributed by atoms with van der Waals surface area (Å²) in [7, 11) is 0. The van der Waals surface area contributed by atoms with Crippen molar-refractivity contribution >= 4 is 40.8 Å². The molecule has 2 aromatic rings. The van der Waals surface area contributed by atoms with E-state index in [0.29, 0.717) is 6.54 Å². The molecule has 0 atom stereocenters. The van der Waals surface area contributed by atoms with E-state index in [1.807, 2.05) is 24.3 Å². The van der Waals surface area contributed by atoms with E-state index in [0.717, 1.165) is 24.1 Å². The number of aryl methyl sites for hydroxylation is 1. The molecule has 0 unspecified atom stereocenters. The van der Waals surface area contributed by atoms with Gasteiger partial charge in [0.25, 0.3) is 5.91 Å². The third kappa shape index (κ3) is 3.52. The van der Waals surface area contributed by atoms with Gasteiger partial charge in [0.1, 0.15) is 5.15 Å². The summed E-state index contributed by atoms with van der Waals surface area (Å²) in [6.07, 6.45) is 1.81. The standard InChI is InChI=1S/C17H14Cl2N2O3/c18-12-7-8-14(19)20-16(12)17(23)24-10-15(22)21-9-3-5-11-4-1-2-6-13(11)21/h1-2,4,6-8H,3,5,9-10H2. The molecule has 1 aromatic carbocycles. The number of hydrogen-bond donors (Lipinski definition) is 0. The van der Waals surface area contributed by atoms with E-state index in [9.17, 15) is 9.59 Å². The highest BCUT2D eigenvalue weighted by molar-refractivity contribution is 6.34. The molecule has 7 heteroatoms. The number of halogens is 2. The SMILES string of the molecule is O=C(OCC(=O)N1CCCc2ccccc21)c1nc(Cl)ccc1Cl. The first-order valence-electron chi connectivity index (χ1n) is 7.43. The summed E-state index contributed by atoms with van der Waals surface area (Å²) in [4.78, 5) is 29.9. The molecule has 0 N–H and O–H groups in total. The number of para-hydroxylation sites is 1. The molecular weight excluding hydrogens is 351 g/mol. The average Bonchev–Trinajstić information content (AvgIpc) is 2.61. The molecule has 0 radical (unpaired) electrons. The molecular formula is C17H14Cl2N2O3. The fourth-order valence-corrected chi connectivity index (χ4v) is 2.96.